The third kappa shape index (κ3) is 3.00. The summed E-state index contributed by atoms with van der Waals surface area (Å²) in [6.07, 6.45) is 2.04. The minimum absolute atomic E-state index is 0.124. The SMILES string of the molecule is CC(=O)Nc1ccc(/C=C2/CCOC2=O)cc1[N+](=O)[O-]. The Morgan fingerprint density at radius 1 is 1.50 bits per heavy atom. The monoisotopic (exact) mass is 276 g/mol. The molecule has 1 aliphatic heterocycles. The number of benzene rings is 1. The number of nitrogens with one attached hydrogen (secondary N) is 1. The molecule has 1 N–H and O–H groups in total. The lowest BCUT2D eigenvalue weighted by atomic mass is 10.1. The summed E-state index contributed by atoms with van der Waals surface area (Å²) < 4.78 is 4.79. The van der Waals surface area contributed by atoms with Crippen molar-refractivity contribution in [2.45, 2.75) is 13.3 Å². The van der Waals surface area contributed by atoms with Crippen LogP contribution in [-0.2, 0) is 14.3 Å². The van der Waals surface area contributed by atoms with Gasteiger partial charge in [-0.15, -0.1) is 0 Å². The first kappa shape index (κ1) is 13.7. The number of anilines is 1. The Hall–Kier alpha value is -2.70. The van der Waals surface area contributed by atoms with Crippen LogP contribution in [0.4, 0.5) is 11.4 Å². The average Bonchev–Trinajstić information content (AvgIpc) is 2.76. The molecule has 104 valence electrons. The molecule has 0 atom stereocenters. The fraction of sp³-hybridized carbons (Fsp3) is 0.231. The second kappa shape index (κ2) is 5.52. The molecule has 1 heterocycles. The van der Waals surface area contributed by atoms with E-state index in [2.05, 4.69) is 5.32 Å². The number of carbonyl (C=O) groups excluding carboxylic acids is 2. The third-order valence-corrected chi connectivity index (χ3v) is 2.74. The second-order valence-electron chi connectivity index (χ2n) is 4.27. The van der Waals surface area contributed by atoms with Gasteiger partial charge in [0.2, 0.25) is 5.91 Å². The average molecular weight is 276 g/mol. The zero-order valence-corrected chi connectivity index (χ0v) is 10.7. The van der Waals surface area contributed by atoms with Crippen molar-refractivity contribution in [1.82, 2.24) is 0 Å². The number of amides is 1. The molecule has 2 rings (SSSR count). The number of nitro groups is 1. The Kier molecular flexibility index (Phi) is 3.79. The van der Waals surface area contributed by atoms with E-state index in [0.29, 0.717) is 24.2 Å². The fourth-order valence-electron chi connectivity index (χ4n) is 1.87. The summed E-state index contributed by atoms with van der Waals surface area (Å²) in [7, 11) is 0. The zero-order chi connectivity index (χ0) is 14.7. The van der Waals surface area contributed by atoms with Crippen molar-refractivity contribution in [2.75, 3.05) is 11.9 Å². The fourth-order valence-corrected chi connectivity index (χ4v) is 1.87. The molecule has 7 nitrogen and oxygen atoms in total. The molecule has 0 aliphatic carbocycles. The van der Waals surface area contributed by atoms with Crippen LogP contribution >= 0.6 is 0 Å². The van der Waals surface area contributed by atoms with Gasteiger partial charge >= 0.3 is 5.97 Å². The van der Waals surface area contributed by atoms with E-state index >= 15 is 0 Å². The van der Waals surface area contributed by atoms with Crippen molar-refractivity contribution < 1.29 is 19.2 Å². The molecule has 0 unspecified atom stereocenters. The maximum absolute atomic E-state index is 11.3. The normalized spacial score (nSPS) is 16.1. The smallest absolute Gasteiger partial charge is 0.334 e. The summed E-state index contributed by atoms with van der Waals surface area (Å²) in [6.45, 7) is 1.60. The number of hydrogen-bond acceptors (Lipinski definition) is 5. The largest absolute Gasteiger partial charge is 0.462 e. The van der Waals surface area contributed by atoms with Gasteiger partial charge in [0.15, 0.2) is 0 Å². The molecule has 1 saturated heterocycles. The highest BCUT2D eigenvalue weighted by molar-refractivity contribution is 5.96. The molecule has 20 heavy (non-hydrogen) atoms. The van der Waals surface area contributed by atoms with Gasteiger partial charge in [0.25, 0.3) is 5.69 Å². The van der Waals surface area contributed by atoms with E-state index in [0.717, 1.165) is 0 Å². The molecule has 0 radical (unpaired) electrons. The van der Waals surface area contributed by atoms with Gasteiger partial charge in [-0.2, -0.15) is 0 Å². The van der Waals surface area contributed by atoms with Crippen molar-refractivity contribution in [3.8, 4) is 0 Å². The minimum atomic E-state index is -0.583. The molecular weight excluding hydrogens is 264 g/mol. The van der Waals surface area contributed by atoms with Crippen LogP contribution in [0.2, 0.25) is 0 Å². The van der Waals surface area contributed by atoms with Crippen molar-refractivity contribution in [3.05, 3.63) is 39.4 Å². The van der Waals surface area contributed by atoms with Crippen molar-refractivity contribution in [1.29, 1.82) is 0 Å². The second-order valence-corrected chi connectivity index (χ2v) is 4.27. The highest BCUT2D eigenvalue weighted by atomic mass is 16.6. The highest BCUT2D eigenvalue weighted by Crippen LogP contribution is 2.27. The maximum Gasteiger partial charge on any atom is 0.334 e. The predicted octanol–water partition coefficient (Wildman–Crippen LogP) is 1.88. The van der Waals surface area contributed by atoms with Crippen molar-refractivity contribution in [2.24, 2.45) is 0 Å². The number of cyclic esters (lactones) is 1. The van der Waals surface area contributed by atoms with E-state index in [-0.39, 0.29) is 11.4 Å². The summed E-state index contributed by atoms with van der Waals surface area (Å²) in [4.78, 5) is 32.7. The number of nitrogens with zero attached hydrogens (tertiary/aromatic N) is 1. The van der Waals surface area contributed by atoms with Crippen LogP contribution < -0.4 is 5.32 Å². The molecule has 0 spiro atoms. The first-order valence-corrected chi connectivity index (χ1v) is 5.91. The molecule has 0 bridgehead atoms. The van der Waals surface area contributed by atoms with Crippen molar-refractivity contribution in [3.63, 3.8) is 0 Å². The standard InChI is InChI=1S/C13H12N2O5/c1-8(16)14-11-3-2-9(7-12(11)15(18)19)6-10-4-5-20-13(10)17/h2-3,6-7H,4-5H2,1H3,(H,14,16)/b10-6-. The Morgan fingerprint density at radius 3 is 2.80 bits per heavy atom. The van der Waals surface area contributed by atoms with Crippen LogP contribution in [0.3, 0.4) is 0 Å². The predicted molar refractivity (Wildman–Crippen MR) is 71.0 cm³/mol. The van der Waals surface area contributed by atoms with Gasteiger partial charge in [0, 0.05) is 25.0 Å². The lowest BCUT2D eigenvalue weighted by Gasteiger charge is -2.04. The van der Waals surface area contributed by atoms with E-state index in [1.54, 1.807) is 12.1 Å². The number of hydrogen-bond donors (Lipinski definition) is 1. The molecule has 0 aromatic heterocycles. The molecule has 1 aliphatic rings. The van der Waals surface area contributed by atoms with Gasteiger partial charge < -0.3 is 10.1 Å². The highest BCUT2D eigenvalue weighted by Gasteiger charge is 2.20. The van der Waals surface area contributed by atoms with Crippen LogP contribution in [0.15, 0.2) is 23.8 Å². The molecule has 1 amide bonds. The Labute approximate surface area is 114 Å². The van der Waals surface area contributed by atoms with Crippen molar-refractivity contribution >= 4 is 29.3 Å². The zero-order valence-electron chi connectivity index (χ0n) is 10.7. The van der Waals surface area contributed by atoms with Gasteiger partial charge in [0.05, 0.1) is 11.5 Å². The van der Waals surface area contributed by atoms with Gasteiger partial charge in [-0.1, -0.05) is 6.07 Å². The van der Waals surface area contributed by atoms with E-state index in [4.69, 9.17) is 4.74 Å². The van der Waals surface area contributed by atoms with Crippen LogP contribution in [0.1, 0.15) is 18.9 Å². The van der Waals surface area contributed by atoms with Crippen LogP contribution in [-0.4, -0.2) is 23.4 Å². The van der Waals surface area contributed by atoms with Gasteiger partial charge in [-0.3, -0.25) is 14.9 Å². The number of ether oxygens (including phenoxy) is 1. The topological polar surface area (TPSA) is 98.5 Å². The van der Waals surface area contributed by atoms with Gasteiger partial charge in [0.1, 0.15) is 5.69 Å². The van der Waals surface area contributed by atoms with Gasteiger partial charge in [-0.25, -0.2) is 4.79 Å². The minimum Gasteiger partial charge on any atom is -0.462 e. The Bertz CT molecular complexity index is 621. The third-order valence-electron chi connectivity index (χ3n) is 2.74. The van der Waals surface area contributed by atoms with Crippen LogP contribution in [0.25, 0.3) is 6.08 Å². The Balaban J connectivity index is 2.37. The van der Waals surface area contributed by atoms with E-state index in [1.165, 1.54) is 19.1 Å². The van der Waals surface area contributed by atoms with Gasteiger partial charge in [-0.05, 0) is 17.7 Å². The van der Waals surface area contributed by atoms with E-state index in [9.17, 15) is 19.7 Å². The lowest BCUT2D eigenvalue weighted by molar-refractivity contribution is -0.383. The molecular formula is C13H12N2O5. The number of carbonyl (C=O) groups is 2. The number of nitro benzene ring substituents is 1. The summed E-state index contributed by atoms with van der Waals surface area (Å²) in [5.74, 6) is -0.794. The number of rotatable bonds is 3. The quantitative estimate of drug-likeness (QED) is 0.393. The maximum atomic E-state index is 11.3. The lowest BCUT2D eigenvalue weighted by Crippen LogP contribution is -2.08. The summed E-state index contributed by atoms with van der Waals surface area (Å²) in [6, 6.07) is 4.34. The van der Waals surface area contributed by atoms with Crippen LogP contribution in [0.5, 0.6) is 0 Å². The number of esters is 1. The first-order valence-electron chi connectivity index (χ1n) is 5.91. The van der Waals surface area contributed by atoms with E-state index in [1.807, 2.05) is 0 Å². The molecule has 1 fully saturated rings. The Morgan fingerprint density at radius 2 is 2.25 bits per heavy atom. The molecule has 7 heteroatoms. The molecule has 1 aromatic rings. The van der Waals surface area contributed by atoms with E-state index < -0.39 is 16.8 Å². The molecule has 1 aromatic carbocycles. The first-order chi connectivity index (χ1) is 9.47. The summed E-state index contributed by atoms with van der Waals surface area (Å²) in [5.41, 5.74) is 0.894. The summed E-state index contributed by atoms with van der Waals surface area (Å²) in [5, 5.41) is 13.4. The molecule has 0 saturated carbocycles. The van der Waals surface area contributed by atoms with Crippen LogP contribution in [0, 0.1) is 10.1 Å². The summed E-state index contributed by atoms with van der Waals surface area (Å²) >= 11 is 0.